The van der Waals surface area contributed by atoms with Crippen LogP contribution < -0.4 is 5.32 Å². The zero-order chi connectivity index (χ0) is 13.1. The quantitative estimate of drug-likeness (QED) is 0.858. The maximum absolute atomic E-state index is 13.5. The number of amides is 1. The molecule has 1 aromatic heterocycles. The van der Waals surface area contributed by atoms with Crippen LogP contribution in [0.1, 0.15) is 30.8 Å². The lowest BCUT2D eigenvalue weighted by molar-refractivity contribution is 0.0948. The fourth-order valence-corrected chi connectivity index (χ4v) is 1.81. The third kappa shape index (κ3) is 2.70. The van der Waals surface area contributed by atoms with E-state index in [1.165, 1.54) is 6.07 Å². The molecule has 0 saturated carbocycles. The minimum atomic E-state index is -0.339. The van der Waals surface area contributed by atoms with E-state index < -0.39 is 0 Å². The molecule has 0 radical (unpaired) electrons. The van der Waals surface area contributed by atoms with Gasteiger partial charge in [0.1, 0.15) is 11.5 Å². The summed E-state index contributed by atoms with van der Waals surface area (Å²) in [5, 5.41) is 3.53. The monoisotopic (exact) mass is 248 g/mol. The number of benzene rings is 1. The Morgan fingerprint density at radius 1 is 1.44 bits per heavy atom. The molecular formula is C14H17FN2O. The molecule has 0 bridgehead atoms. The Bertz CT molecular complexity index is 560. The summed E-state index contributed by atoms with van der Waals surface area (Å²) in [6.45, 7) is 4.84. The molecule has 0 unspecified atom stereocenters. The van der Waals surface area contributed by atoms with Crippen LogP contribution in [0.25, 0.3) is 10.9 Å². The molecule has 2 rings (SSSR count). The van der Waals surface area contributed by atoms with Crippen LogP contribution >= 0.6 is 0 Å². The molecule has 0 saturated heterocycles. The topological polar surface area (TPSA) is 44.9 Å². The van der Waals surface area contributed by atoms with Crippen molar-refractivity contribution in [2.45, 2.75) is 20.3 Å². The molecule has 96 valence electrons. The molecule has 2 aromatic rings. The number of H-pyrrole nitrogens is 1. The molecule has 0 fully saturated rings. The Morgan fingerprint density at radius 2 is 2.22 bits per heavy atom. The predicted octanol–water partition coefficient (Wildman–Crippen LogP) is 3.08. The van der Waals surface area contributed by atoms with Crippen molar-refractivity contribution >= 4 is 16.8 Å². The second kappa shape index (κ2) is 5.21. The van der Waals surface area contributed by atoms with Gasteiger partial charge in [0.25, 0.3) is 5.91 Å². The van der Waals surface area contributed by atoms with Gasteiger partial charge in [-0.3, -0.25) is 4.79 Å². The SMILES string of the molecule is CC(C)CCNC(=O)c1cc2cccc(F)c2[nH]1. The number of para-hydroxylation sites is 1. The van der Waals surface area contributed by atoms with Crippen molar-refractivity contribution in [2.75, 3.05) is 6.54 Å². The van der Waals surface area contributed by atoms with Crippen molar-refractivity contribution in [2.24, 2.45) is 5.92 Å². The number of hydrogen-bond acceptors (Lipinski definition) is 1. The first kappa shape index (κ1) is 12.6. The van der Waals surface area contributed by atoms with Gasteiger partial charge in [-0.05, 0) is 24.5 Å². The van der Waals surface area contributed by atoms with Crippen LogP contribution in [-0.4, -0.2) is 17.4 Å². The molecule has 4 heteroatoms. The Kier molecular flexibility index (Phi) is 3.65. The van der Waals surface area contributed by atoms with E-state index in [9.17, 15) is 9.18 Å². The predicted molar refractivity (Wildman–Crippen MR) is 70.0 cm³/mol. The first-order valence-electron chi connectivity index (χ1n) is 6.13. The van der Waals surface area contributed by atoms with Crippen LogP contribution in [-0.2, 0) is 0 Å². The highest BCUT2D eigenvalue weighted by molar-refractivity contribution is 5.98. The second-order valence-electron chi connectivity index (χ2n) is 4.83. The van der Waals surface area contributed by atoms with E-state index in [0.29, 0.717) is 29.1 Å². The molecule has 1 aromatic carbocycles. The molecule has 0 aliphatic carbocycles. The van der Waals surface area contributed by atoms with Crippen LogP contribution in [0.5, 0.6) is 0 Å². The standard InChI is InChI=1S/C14H17FN2O/c1-9(2)6-7-16-14(18)12-8-10-4-3-5-11(15)13(10)17-12/h3-5,8-9,17H,6-7H2,1-2H3,(H,16,18). The van der Waals surface area contributed by atoms with Crippen molar-refractivity contribution in [3.8, 4) is 0 Å². The summed E-state index contributed by atoms with van der Waals surface area (Å²) in [5.41, 5.74) is 0.783. The summed E-state index contributed by atoms with van der Waals surface area (Å²) in [6, 6.07) is 6.45. The first-order valence-corrected chi connectivity index (χ1v) is 6.13. The fraction of sp³-hybridized carbons (Fsp3) is 0.357. The van der Waals surface area contributed by atoms with Gasteiger partial charge in [0.2, 0.25) is 0 Å². The van der Waals surface area contributed by atoms with Gasteiger partial charge in [-0.25, -0.2) is 4.39 Å². The Hall–Kier alpha value is -1.84. The van der Waals surface area contributed by atoms with Gasteiger partial charge in [-0.1, -0.05) is 26.0 Å². The molecule has 2 N–H and O–H groups in total. The summed E-state index contributed by atoms with van der Waals surface area (Å²) in [4.78, 5) is 14.7. The van der Waals surface area contributed by atoms with Crippen molar-refractivity contribution in [1.82, 2.24) is 10.3 Å². The van der Waals surface area contributed by atoms with E-state index in [0.717, 1.165) is 6.42 Å². The summed E-state index contributed by atoms with van der Waals surface area (Å²) < 4.78 is 13.5. The van der Waals surface area contributed by atoms with E-state index in [-0.39, 0.29) is 11.7 Å². The van der Waals surface area contributed by atoms with Gasteiger partial charge in [0, 0.05) is 11.9 Å². The number of carbonyl (C=O) groups excluding carboxylic acids is 1. The van der Waals surface area contributed by atoms with Crippen molar-refractivity contribution in [1.29, 1.82) is 0 Å². The molecule has 0 aliphatic heterocycles. The van der Waals surface area contributed by atoms with Crippen molar-refractivity contribution in [3.05, 3.63) is 35.8 Å². The van der Waals surface area contributed by atoms with Crippen LogP contribution in [0.3, 0.4) is 0 Å². The zero-order valence-electron chi connectivity index (χ0n) is 10.6. The maximum atomic E-state index is 13.5. The highest BCUT2D eigenvalue weighted by Crippen LogP contribution is 2.18. The normalized spacial score (nSPS) is 11.1. The van der Waals surface area contributed by atoms with Gasteiger partial charge in [-0.15, -0.1) is 0 Å². The highest BCUT2D eigenvalue weighted by atomic mass is 19.1. The number of halogens is 1. The molecular weight excluding hydrogens is 231 g/mol. The fourth-order valence-electron chi connectivity index (χ4n) is 1.81. The second-order valence-corrected chi connectivity index (χ2v) is 4.83. The molecule has 0 aliphatic rings. The van der Waals surface area contributed by atoms with Crippen LogP contribution in [0.2, 0.25) is 0 Å². The average molecular weight is 248 g/mol. The van der Waals surface area contributed by atoms with E-state index in [1.54, 1.807) is 18.2 Å². The van der Waals surface area contributed by atoms with Gasteiger partial charge in [-0.2, -0.15) is 0 Å². The summed E-state index contributed by atoms with van der Waals surface area (Å²) >= 11 is 0. The summed E-state index contributed by atoms with van der Waals surface area (Å²) in [6.07, 6.45) is 0.931. The van der Waals surface area contributed by atoms with E-state index in [1.807, 2.05) is 0 Å². The first-order chi connectivity index (χ1) is 8.58. The Balaban J connectivity index is 2.11. The molecule has 3 nitrogen and oxygen atoms in total. The lowest BCUT2D eigenvalue weighted by Gasteiger charge is -2.05. The number of hydrogen-bond donors (Lipinski definition) is 2. The van der Waals surface area contributed by atoms with Crippen LogP contribution in [0.4, 0.5) is 4.39 Å². The molecule has 0 atom stereocenters. The number of aromatic nitrogens is 1. The van der Waals surface area contributed by atoms with Gasteiger partial charge < -0.3 is 10.3 Å². The van der Waals surface area contributed by atoms with Gasteiger partial charge in [0.05, 0.1) is 5.52 Å². The molecule has 0 spiro atoms. The lowest BCUT2D eigenvalue weighted by Crippen LogP contribution is -2.25. The van der Waals surface area contributed by atoms with E-state index in [2.05, 4.69) is 24.1 Å². The molecule has 1 amide bonds. The number of fused-ring (bicyclic) bond motifs is 1. The largest absolute Gasteiger partial charge is 0.351 e. The highest BCUT2D eigenvalue weighted by Gasteiger charge is 2.11. The van der Waals surface area contributed by atoms with Crippen molar-refractivity contribution < 1.29 is 9.18 Å². The Morgan fingerprint density at radius 3 is 2.89 bits per heavy atom. The minimum absolute atomic E-state index is 0.189. The smallest absolute Gasteiger partial charge is 0.267 e. The molecule has 18 heavy (non-hydrogen) atoms. The van der Waals surface area contributed by atoms with E-state index >= 15 is 0 Å². The lowest BCUT2D eigenvalue weighted by atomic mass is 10.1. The van der Waals surface area contributed by atoms with Gasteiger partial charge >= 0.3 is 0 Å². The van der Waals surface area contributed by atoms with E-state index in [4.69, 9.17) is 0 Å². The third-order valence-corrected chi connectivity index (χ3v) is 2.86. The third-order valence-electron chi connectivity index (χ3n) is 2.86. The number of aromatic amines is 1. The van der Waals surface area contributed by atoms with Gasteiger partial charge in [0.15, 0.2) is 0 Å². The van der Waals surface area contributed by atoms with Crippen molar-refractivity contribution in [3.63, 3.8) is 0 Å². The minimum Gasteiger partial charge on any atom is -0.351 e. The number of nitrogens with one attached hydrogen (secondary N) is 2. The van der Waals surface area contributed by atoms with Crippen LogP contribution in [0, 0.1) is 11.7 Å². The van der Waals surface area contributed by atoms with Crippen LogP contribution in [0.15, 0.2) is 24.3 Å². The number of carbonyl (C=O) groups is 1. The summed E-state index contributed by atoms with van der Waals surface area (Å²) in [7, 11) is 0. The zero-order valence-corrected chi connectivity index (χ0v) is 10.6. The maximum Gasteiger partial charge on any atom is 0.267 e. The average Bonchev–Trinajstić information content (AvgIpc) is 2.74. The Labute approximate surface area is 105 Å². The molecule has 1 heterocycles. The summed E-state index contributed by atoms with van der Waals surface area (Å²) in [5.74, 6) is 0.0189. The number of rotatable bonds is 4.